The zero-order chi connectivity index (χ0) is 20.8. The van der Waals surface area contributed by atoms with Gasteiger partial charge in [0.15, 0.2) is 0 Å². The van der Waals surface area contributed by atoms with Crippen molar-refractivity contribution < 1.29 is 19.2 Å². The standard InChI is InChI=1S/C20H17N3O5S/c1-13-5-7-15(8-6-13)21-18(24)10-19-22-16(12-29-19)11-28-20(25)14-3-2-4-17(9-14)23(26)27/h2-9,12H,10-11H2,1H3,(H,21,24). The minimum Gasteiger partial charge on any atom is -0.456 e. The highest BCUT2D eigenvalue weighted by Crippen LogP contribution is 2.16. The molecular weight excluding hydrogens is 394 g/mol. The number of carbonyl (C=O) groups excluding carboxylic acids is 2. The number of nitro benzene ring substituents is 1. The summed E-state index contributed by atoms with van der Waals surface area (Å²) in [7, 11) is 0. The summed E-state index contributed by atoms with van der Waals surface area (Å²) in [6.07, 6.45) is 0.109. The highest BCUT2D eigenvalue weighted by atomic mass is 32.1. The predicted octanol–water partition coefficient (Wildman–Crippen LogP) is 3.90. The Balaban J connectivity index is 1.52. The summed E-state index contributed by atoms with van der Waals surface area (Å²) in [5.74, 6) is -0.872. The molecule has 0 atom stereocenters. The number of rotatable bonds is 7. The number of non-ortho nitro benzene ring substituents is 1. The van der Waals surface area contributed by atoms with Gasteiger partial charge in [-0.05, 0) is 25.1 Å². The number of esters is 1. The third-order valence-electron chi connectivity index (χ3n) is 3.89. The first-order chi connectivity index (χ1) is 13.9. The average molecular weight is 411 g/mol. The molecule has 8 nitrogen and oxygen atoms in total. The molecule has 1 N–H and O–H groups in total. The van der Waals surface area contributed by atoms with Crippen molar-refractivity contribution in [3.05, 3.63) is 85.9 Å². The van der Waals surface area contributed by atoms with Crippen LogP contribution in [-0.2, 0) is 22.6 Å². The Hall–Kier alpha value is -3.59. The fourth-order valence-corrected chi connectivity index (χ4v) is 3.22. The van der Waals surface area contributed by atoms with Crippen LogP contribution in [-0.4, -0.2) is 21.8 Å². The highest BCUT2D eigenvalue weighted by molar-refractivity contribution is 7.09. The molecule has 3 aromatic rings. The van der Waals surface area contributed by atoms with Crippen LogP contribution in [0, 0.1) is 17.0 Å². The van der Waals surface area contributed by atoms with Crippen molar-refractivity contribution in [2.24, 2.45) is 0 Å². The van der Waals surface area contributed by atoms with Gasteiger partial charge < -0.3 is 10.1 Å². The first kappa shape index (κ1) is 20.2. The fraction of sp³-hybridized carbons (Fsp3) is 0.150. The maximum absolute atomic E-state index is 12.1. The summed E-state index contributed by atoms with van der Waals surface area (Å²) in [5, 5.41) is 15.9. The number of nitro groups is 1. The van der Waals surface area contributed by atoms with Crippen LogP contribution >= 0.6 is 11.3 Å². The lowest BCUT2D eigenvalue weighted by Crippen LogP contribution is -2.14. The zero-order valence-corrected chi connectivity index (χ0v) is 16.3. The Morgan fingerprint density at radius 3 is 2.69 bits per heavy atom. The van der Waals surface area contributed by atoms with E-state index in [1.54, 1.807) is 5.38 Å². The first-order valence-corrected chi connectivity index (χ1v) is 9.50. The molecule has 0 spiro atoms. The topological polar surface area (TPSA) is 111 Å². The smallest absolute Gasteiger partial charge is 0.338 e. The molecule has 9 heteroatoms. The lowest BCUT2D eigenvalue weighted by molar-refractivity contribution is -0.384. The van der Waals surface area contributed by atoms with E-state index in [-0.39, 0.29) is 30.2 Å². The molecule has 2 aromatic carbocycles. The molecule has 0 aliphatic carbocycles. The molecule has 0 saturated heterocycles. The van der Waals surface area contributed by atoms with E-state index in [2.05, 4.69) is 10.3 Å². The van der Waals surface area contributed by atoms with Gasteiger partial charge in [-0.2, -0.15) is 0 Å². The summed E-state index contributed by atoms with van der Waals surface area (Å²) in [6, 6.07) is 12.8. The van der Waals surface area contributed by atoms with Crippen LogP contribution in [0.2, 0.25) is 0 Å². The number of nitrogens with zero attached hydrogens (tertiary/aromatic N) is 2. The molecule has 0 aliphatic rings. The van der Waals surface area contributed by atoms with E-state index in [4.69, 9.17) is 4.74 Å². The Bertz CT molecular complexity index is 1050. The Morgan fingerprint density at radius 1 is 1.21 bits per heavy atom. The summed E-state index contributed by atoms with van der Waals surface area (Å²) in [4.78, 5) is 38.7. The van der Waals surface area contributed by atoms with E-state index in [1.165, 1.54) is 29.5 Å². The van der Waals surface area contributed by atoms with Crippen LogP contribution in [0.5, 0.6) is 0 Å². The van der Waals surface area contributed by atoms with E-state index in [0.717, 1.165) is 11.6 Å². The van der Waals surface area contributed by atoms with Crippen LogP contribution in [0.25, 0.3) is 0 Å². The number of benzene rings is 2. The van der Waals surface area contributed by atoms with Crippen molar-refractivity contribution in [2.45, 2.75) is 20.0 Å². The molecule has 0 saturated carbocycles. The molecule has 0 bridgehead atoms. The van der Waals surface area contributed by atoms with Gasteiger partial charge in [0.1, 0.15) is 11.6 Å². The van der Waals surface area contributed by atoms with E-state index in [9.17, 15) is 19.7 Å². The van der Waals surface area contributed by atoms with Gasteiger partial charge in [0, 0.05) is 23.2 Å². The van der Waals surface area contributed by atoms with Crippen LogP contribution < -0.4 is 5.32 Å². The number of carbonyl (C=O) groups is 2. The summed E-state index contributed by atoms with van der Waals surface area (Å²) in [5.41, 5.74) is 2.23. The maximum Gasteiger partial charge on any atom is 0.338 e. The molecule has 1 aromatic heterocycles. The lowest BCUT2D eigenvalue weighted by Gasteiger charge is -2.04. The van der Waals surface area contributed by atoms with E-state index in [1.807, 2.05) is 31.2 Å². The maximum atomic E-state index is 12.1. The average Bonchev–Trinajstić information content (AvgIpc) is 3.15. The number of thiazole rings is 1. The second-order valence-electron chi connectivity index (χ2n) is 6.21. The van der Waals surface area contributed by atoms with Gasteiger partial charge in [0.05, 0.1) is 22.6 Å². The third-order valence-corrected chi connectivity index (χ3v) is 4.79. The van der Waals surface area contributed by atoms with Gasteiger partial charge in [-0.15, -0.1) is 11.3 Å². The van der Waals surface area contributed by atoms with Crippen molar-refractivity contribution in [2.75, 3.05) is 5.32 Å². The second-order valence-corrected chi connectivity index (χ2v) is 7.15. The van der Waals surface area contributed by atoms with Crippen molar-refractivity contribution in [3.63, 3.8) is 0 Å². The van der Waals surface area contributed by atoms with Crippen LogP contribution in [0.4, 0.5) is 11.4 Å². The Morgan fingerprint density at radius 2 is 1.97 bits per heavy atom. The predicted molar refractivity (Wildman–Crippen MR) is 108 cm³/mol. The number of hydrogen-bond donors (Lipinski definition) is 1. The number of ether oxygens (including phenoxy) is 1. The number of hydrogen-bond acceptors (Lipinski definition) is 7. The number of nitrogens with one attached hydrogen (secondary N) is 1. The van der Waals surface area contributed by atoms with Gasteiger partial charge in [-0.1, -0.05) is 23.8 Å². The SMILES string of the molecule is Cc1ccc(NC(=O)Cc2nc(COC(=O)c3cccc([N+](=O)[O-])c3)cs2)cc1. The molecule has 0 fully saturated rings. The minimum absolute atomic E-state index is 0.0857. The van der Waals surface area contributed by atoms with E-state index in [0.29, 0.717) is 16.4 Å². The number of amides is 1. The lowest BCUT2D eigenvalue weighted by atomic mass is 10.2. The summed E-state index contributed by atoms with van der Waals surface area (Å²) >= 11 is 1.29. The summed E-state index contributed by atoms with van der Waals surface area (Å²) < 4.78 is 5.16. The van der Waals surface area contributed by atoms with Crippen LogP contribution in [0.15, 0.2) is 53.9 Å². The Kier molecular flexibility index (Phi) is 6.30. The molecule has 148 valence electrons. The van der Waals surface area contributed by atoms with Crippen LogP contribution in [0.3, 0.4) is 0 Å². The molecule has 0 radical (unpaired) electrons. The fourth-order valence-electron chi connectivity index (χ4n) is 2.45. The summed E-state index contributed by atoms with van der Waals surface area (Å²) in [6.45, 7) is 1.88. The highest BCUT2D eigenvalue weighted by Gasteiger charge is 2.14. The van der Waals surface area contributed by atoms with Crippen molar-refractivity contribution >= 4 is 34.6 Å². The van der Waals surface area contributed by atoms with E-state index >= 15 is 0 Å². The van der Waals surface area contributed by atoms with E-state index < -0.39 is 10.9 Å². The van der Waals surface area contributed by atoms with Gasteiger partial charge in [-0.25, -0.2) is 9.78 Å². The zero-order valence-electron chi connectivity index (χ0n) is 15.5. The molecule has 0 aliphatic heterocycles. The van der Waals surface area contributed by atoms with Gasteiger partial charge in [-0.3, -0.25) is 14.9 Å². The molecule has 1 amide bonds. The van der Waals surface area contributed by atoms with Crippen LogP contribution in [0.1, 0.15) is 26.6 Å². The number of aromatic nitrogens is 1. The number of aryl methyl sites for hydroxylation is 1. The second kappa shape index (κ2) is 9.07. The quantitative estimate of drug-likeness (QED) is 0.359. The largest absolute Gasteiger partial charge is 0.456 e. The van der Waals surface area contributed by atoms with Crippen molar-refractivity contribution in [3.8, 4) is 0 Å². The van der Waals surface area contributed by atoms with Gasteiger partial charge in [0.25, 0.3) is 5.69 Å². The molecule has 3 rings (SSSR count). The minimum atomic E-state index is -0.680. The first-order valence-electron chi connectivity index (χ1n) is 8.62. The molecule has 29 heavy (non-hydrogen) atoms. The van der Waals surface area contributed by atoms with Crippen molar-refractivity contribution in [1.29, 1.82) is 0 Å². The monoisotopic (exact) mass is 411 g/mol. The molecule has 1 heterocycles. The number of anilines is 1. The van der Waals surface area contributed by atoms with Crippen molar-refractivity contribution in [1.82, 2.24) is 4.98 Å². The third kappa shape index (κ3) is 5.69. The molecule has 0 unspecified atom stereocenters. The van der Waals surface area contributed by atoms with Gasteiger partial charge in [0.2, 0.25) is 5.91 Å². The Labute approximate surface area is 170 Å². The normalized spacial score (nSPS) is 10.4. The van der Waals surface area contributed by atoms with Gasteiger partial charge >= 0.3 is 5.97 Å². The molecular formula is C20H17N3O5S.